The largest absolute Gasteiger partial charge is 0.490 e. The van der Waals surface area contributed by atoms with Gasteiger partial charge in [0.1, 0.15) is 18.7 Å². The molecule has 0 bridgehead atoms. The van der Waals surface area contributed by atoms with Crippen LogP contribution in [0.25, 0.3) is 5.69 Å². The van der Waals surface area contributed by atoms with E-state index in [2.05, 4.69) is 15.5 Å². The highest BCUT2D eigenvalue weighted by molar-refractivity contribution is 6.34. The van der Waals surface area contributed by atoms with Gasteiger partial charge in [-0.3, -0.25) is 4.79 Å². The first-order chi connectivity index (χ1) is 11.7. The van der Waals surface area contributed by atoms with Gasteiger partial charge < -0.3 is 9.64 Å². The average molecular weight is 342 g/mol. The summed E-state index contributed by atoms with van der Waals surface area (Å²) in [6, 6.07) is 12.5. The third kappa shape index (κ3) is 2.48. The Morgan fingerprint density at radius 3 is 2.88 bits per heavy atom. The van der Waals surface area contributed by atoms with Crippen LogP contribution < -0.4 is 9.64 Å². The SMILES string of the molecule is O=C(c1ccc(-n2cnnn2)cc1Cl)N1CCOc2ccccc21. The molecule has 3 aromatic rings. The summed E-state index contributed by atoms with van der Waals surface area (Å²) in [4.78, 5) is 14.6. The Bertz CT molecular complexity index is 897. The van der Waals surface area contributed by atoms with Gasteiger partial charge in [0.2, 0.25) is 0 Å². The lowest BCUT2D eigenvalue weighted by molar-refractivity contribution is 0.0976. The zero-order valence-corrected chi connectivity index (χ0v) is 13.2. The number of hydrogen-bond acceptors (Lipinski definition) is 5. The molecule has 0 fully saturated rings. The molecular formula is C16H12ClN5O2. The average Bonchev–Trinajstić information content (AvgIpc) is 3.15. The number of ether oxygens (including phenoxy) is 1. The summed E-state index contributed by atoms with van der Waals surface area (Å²) in [5, 5.41) is 11.3. The molecule has 120 valence electrons. The van der Waals surface area contributed by atoms with Crippen molar-refractivity contribution in [1.29, 1.82) is 0 Å². The predicted molar refractivity (Wildman–Crippen MR) is 87.8 cm³/mol. The van der Waals surface area contributed by atoms with Crippen molar-refractivity contribution >= 4 is 23.2 Å². The molecule has 2 aromatic carbocycles. The lowest BCUT2D eigenvalue weighted by atomic mass is 10.1. The molecule has 2 heterocycles. The van der Waals surface area contributed by atoms with E-state index < -0.39 is 0 Å². The molecule has 0 saturated heterocycles. The van der Waals surface area contributed by atoms with E-state index in [9.17, 15) is 4.79 Å². The minimum Gasteiger partial charge on any atom is -0.490 e. The number of aromatic nitrogens is 4. The zero-order valence-electron chi connectivity index (χ0n) is 12.5. The number of amides is 1. The number of hydrogen-bond donors (Lipinski definition) is 0. The van der Waals surface area contributed by atoms with E-state index in [1.165, 1.54) is 11.0 Å². The molecule has 0 unspecified atom stereocenters. The van der Waals surface area contributed by atoms with Gasteiger partial charge in [0.25, 0.3) is 5.91 Å². The number of para-hydroxylation sites is 2. The van der Waals surface area contributed by atoms with Crippen molar-refractivity contribution in [2.75, 3.05) is 18.1 Å². The zero-order chi connectivity index (χ0) is 16.5. The fourth-order valence-corrected chi connectivity index (χ4v) is 2.88. The van der Waals surface area contributed by atoms with Gasteiger partial charge in [0, 0.05) is 0 Å². The quantitative estimate of drug-likeness (QED) is 0.715. The second-order valence-electron chi connectivity index (χ2n) is 5.19. The minimum absolute atomic E-state index is 0.168. The van der Waals surface area contributed by atoms with Gasteiger partial charge in [-0.05, 0) is 40.8 Å². The van der Waals surface area contributed by atoms with Crippen molar-refractivity contribution in [3.05, 3.63) is 59.4 Å². The third-order valence-corrected chi connectivity index (χ3v) is 4.08. The molecule has 1 amide bonds. The van der Waals surface area contributed by atoms with Crippen LogP contribution >= 0.6 is 11.6 Å². The third-order valence-electron chi connectivity index (χ3n) is 3.77. The van der Waals surface area contributed by atoms with E-state index in [1.807, 2.05) is 24.3 Å². The molecule has 1 aliphatic heterocycles. The highest BCUT2D eigenvalue weighted by Gasteiger charge is 2.25. The molecule has 7 nitrogen and oxygen atoms in total. The van der Waals surface area contributed by atoms with Crippen LogP contribution in [0.1, 0.15) is 10.4 Å². The van der Waals surface area contributed by atoms with Crippen molar-refractivity contribution < 1.29 is 9.53 Å². The van der Waals surface area contributed by atoms with Crippen molar-refractivity contribution in [1.82, 2.24) is 20.2 Å². The summed E-state index contributed by atoms with van der Waals surface area (Å²) in [6.45, 7) is 0.921. The number of fused-ring (bicyclic) bond motifs is 1. The summed E-state index contributed by atoms with van der Waals surface area (Å²) in [5.41, 5.74) is 1.85. The summed E-state index contributed by atoms with van der Waals surface area (Å²) < 4.78 is 7.06. The minimum atomic E-state index is -0.168. The maximum atomic E-state index is 12.9. The normalized spacial score (nSPS) is 13.3. The molecule has 8 heteroatoms. The lowest BCUT2D eigenvalue weighted by Crippen LogP contribution is -2.38. The molecule has 1 aromatic heterocycles. The monoisotopic (exact) mass is 341 g/mol. The molecule has 0 saturated carbocycles. The summed E-state index contributed by atoms with van der Waals surface area (Å²) in [5.74, 6) is 0.526. The van der Waals surface area contributed by atoms with Gasteiger partial charge in [-0.1, -0.05) is 23.7 Å². The number of carbonyl (C=O) groups excluding carboxylic acids is 1. The molecule has 24 heavy (non-hydrogen) atoms. The Morgan fingerprint density at radius 1 is 1.21 bits per heavy atom. The van der Waals surface area contributed by atoms with E-state index in [0.29, 0.717) is 35.2 Å². The Hall–Kier alpha value is -2.93. The standard InChI is InChI=1S/C16H12ClN5O2/c17-13-9-11(22-10-18-19-20-22)5-6-12(13)16(23)21-7-8-24-15-4-2-1-3-14(15)21/h1-6,9-10H,7-8H2. The first-order valence-corrected chi connectivity index (χ1v) is 7.68. The van der Waals surface area contributed by atoms with Crippen LogP contribution in [0.4, 0.5) is 5.69 Å². The van der Waals surface area contributed by atoms with Crippen LogP contribution in [0.3, 0.4) is 0 Å². The number of rotatable bonds is 2. The molecule has 0 atom stereocenters. The van der Waals surface area contributed by atoms with Crippen LogP contribution in [0.15, 0.2) is 48.8 Å². The summed E-state index contributed by atoms with van der Waals surface area (Å²) in [7, 11) is 0. The number of halogens is 1. The second-order valence-corrected chi connectivity index (χ2v) is 5.60. The van der Waals surface area contributed by atoms with Gasteiger partial charge in [0.05, 0.1) is 28.5 Å². The van der Waals surface area contributed by atoms with Crippen LogP contribution in [-0.2, 0) is 0 Å². The lowest BCUT2D eigenvalue weighted by Gasteiger charge is -2.29. The van der Waals surface area contributed by atoms with Gasteiger partial charge in [-0.2, -0.15) is 0 Å². The first-order valence-electron chi connectivity index (χ1n) is 7.30. The van der Waals surface area contributed by atoms with E-state index in [4.69, 9.17) is 16.3 Å². The van der Waals surface area contributed by atoms with Gasteiger partial charge >= 0.3 is 0 Å². The smallest absolute Gasteiger partial charge is 0.260 e. The summed E-state index contributed by atoms with van der Waals surface area (Å²) >= 11 is 6.33. The molecule has 0 radical (unpaired) electrons. The van der Waals surface area contributed by atoms with Crippen molar-refractivity contribution in [2.24, 2.45) is 0 Å². The molecule has 0 spiro atoms. The van der Waals surface area contributed by atoms with Gasteiger partial charge in [-0.15, -0.1) is 5.10 Å². The van der Waals surface area contributed by atoms with Crippen molar-refractivity contribution in [3.63, 3.8) is 0 Å². The molecular weight excluding hydrogens is 330 g/mol. The van der Waals surface area contributed by atoms with Crippen LogP contribution in [0, 0.1) is 0 Å². The van der Waals surface area contributed by atoms with Crippen molar-refractivity contribution in [2.45, 2.75) is 0 Å². The highest BCUT2D eigenvalue weighted by atomic mass is 35.5. The molecule has 0 N–H and O–H groups in total. The Kier molecular flexibility index (Phi) is 3.62. The van der Waals surface area contributed by atoms with E-state index in [1.54, 1.807) is 23.1 Å². The van der Waals surface area contributed by atoms with Crippen LogP contribution in [-0.4, -0.2) is 39.3 Å². The van der Waals surface area contributed by atoms with Gasteiger partial charge in [0.15, 0.2) is 0 Å². The maximum absolute atomic E-state index is 12.9. The molecule has 0 aliphatic carbocycles. The number of anilines is 1. The fourth-order valence-electron chi connectivity index (χ4n) is 2.63. The number of nitrogens with zero attached hydrogens (tertiary/aromatic N) is 5. The van der Waals surface area contributed by atoms with E-state index in [-0.39, 0.29) is 5.91 Å². The van der Waals surface area contributed by atoms with Gasteiger partial charge in [-0.25, -0.2) is 4.68 Å². The fraction of sp³-hybridized carbons (Fsp3) is 0.125. The predicted octanol–water partition coefficient (Wildman–Crippen LogP) is 2.35. The molecule has 4 rings (SSSR count). The van der Waals surface area contributed by atoms with Crippen molar-refractivity contribution in [3.8, 4) is 11.4 Å². The van der Waals surface area contributed by atoms with Crippen LogP contribution in [0.5, 0.6) is 5.75 Å². The Labute approximate surface area is 142 Å². The number of benzene rings is 2. The topological polar surface area (TPSA) is 73.1 Å². The van der Waals surface area contributed by atoms with E-state index >= 15 is 0 Å². The maximum Gasteiger partial charge on any atom is 0.260 e. The second kappa shape index (κ2) is 5.93. The Balaban J connectivity index is 1.68. The number of tetrazole rings is 1. The Morgan fingerprint density at radius 2 is 2.08 bits per heavy atom. The molecule has 1 aliphatic rings. The first kappa shape index (κ1) is 14.6. The van der Waals surface area contributed by atoms with Crippen LogP contribution in [0.2, 0.25) is 5.02 Å². The van der Waals surface area contributed by atoms with E-state index in [0.717, 1.165) is 5.69 Å². The highest BCUT2D eigenvalue weighted by Crippen LogP contribution is 2.33. The number of carbonyl (C=O) groups is 1. The summed E-state index contributed by atoms with van der Waals surface area (Å²) in [6.07, 6.45) is 1.46.